The molecule has 1 aromatic carbocycles. The quantitative estimate of drug-likeness (QED) is 0.649. The lowest BCUT2D eigenvalue weighted by Crippen LogP contribution is -2.00. The Morgan fingerprint density at radius 3 is 2.72 bits per heavy atom. The zero-order valence-electron chi connectivity index (χ0n) is 9.88. The molecule has 2 nitrogen and oxygen atoms in total. The number of hydrogen-bond donors (Lipinski definition) is 0. The van der Waals surface area contributed by atoms with Gasteiger partial charge in [-0.05, 0) is 31.2 Å². The zero-order chi connectivity index (χ0) is 12.5. The number of fused-ring (bicyclic) bond motifs is 1. The lowest BCUT2D eigenvalue weighted by Gasteiger charge is -2.03. The number of carbonyl (C=O) groups is 1. The van der Waals surface area contributed by atoms with Crippen LogP contribution in [0.4, 0.5) is 0 Å². The SMILES string of the molecule is Cc1ccc(C(=O)c2cccc3cccnc23)s1. The maximum atomic E-state index is 12.4. The Labute approximate surface area is 109 Å². The van der Waals surface area contributed by atoms with Crippen LogP contribution in [0, 0.1) is 6.92 Å². The zero-order valence-corrected chi connectivity index (χ0v) is 10.7. The van der Waals surface area contributed by atoms with Gasteiger partial charge in [-0.1, -0.05) is 18.2 Å². The van der Waals surface area contributed by atoms with E-state index in [1.807, 2.05) is 49.4 Å². The molecule has 0 unspecified atom stereocenters. The van der Waals surface area contributed by atoms with Crippen molar-refractivity contribution in [1.82, 2.24) is 4.98 Å². The molecule has 3 aromatic rings. The van der Waals surface area contributed by atoms with Crippen LogP contribution in [0.2, 0.25) is 0 Å². The summed E-state index contributed by atoms with van der Waals surface area (Å²) in [4.78, 5) is 18.7. The van der Waals surface area contributed by atoms with E-state index in [-0.39, 0.29) is 5.78 Å². The van der Waals surface area contributed by atoms with Gasteiger partial charge in [-0.25, -0.2) is 0 Å². The van der Waals surface area contributed by atoms with Crippen molar-refractivity contribution in [1.29, 1.82) is 0 Å². The van der Waals surface area contributed by atoms with Gasteiger partial charge in [0.15, 0.2) is 0 Å². The Hall–Kier alpha value is -2.00. The van der Waals surface area contributed by atoms with Crippen molar-refractivity contribution >= 4 is 28.0 Å². The van der Waals surface area contributed by atoms with E-state index in [2.05, 4.69) is 4.98 Å². The van der Waals surface area contributed by atoms with Crippen molar-refractivity contribution in [3.8, 4) is 0 Å². The van der Waals surface area contributed by atoms with Crippen molar-refractivity contribution in [3.63, 3.8) is 0 Å². The number of rotatable bonds is 2. The molecule has 18 heavy (non-hydrogen) atoms. The van der Waals surface area contributed by atoms with E-state index in [9.17, 15) is 4.79 Å². The monoisotopic (exact) mass is 253 g/mol. The number of para-hydroxylation sites is 1. The van der Waals surface area contributed by atoms with E-state index in [1.165, 1.54) is 11.3 Å². The molecule has 0 aliphatic carbocycles. The molecule has 0 N–H and O–H groups in total. The molecule has 0 radical (unpaired) electrons. The minimum atomic E-state index is 0.0531. The molecule has 3 rings (SSSR count). The number of aromatic nitrogens is 1. The number of nitrogens with zero attached hydrogens (tertiary/aromatic N) is 1. The van der Waals surface area contributed by atoms with Crippen LogP contribution in [0.25, 0.3) is 10.9 Å². The summed E-state index contributed by atoms with van der Waals surface area (Å²) >= 11 is 1.52. The highest BCUT2D eigenvalue weighted by molar-refractivity contribution is 7.14. The molecule has 3 heteroatoms. The van der Waals surface area contributed by atoms with E-state index in [4.69, 9.17) is 0 Å². The number of thiophene rings is 1. The molecule has 0 saturated heterocycles. The largest absolute Gasteiger partial charge is 0.288 e. The first-order chi connectivity index (χ1) is 8.75. The number of benzene rings is 1. The molecule has 0 bridgehead atoms. The normalized spacial score (nSPS) is 10.7. The fraction of sp³-hybridized carbons (Fsp3) is 0.0667. The standard InChI is InChI=1S/C15H11NOS/c1-10-7-8-13(18-10)15(17)12-6-2-4-11-5-3-9-16-14(11)12/h2-9H,1H3. The third-order valence-corrected chi connectivity index (χ3v) is 3.84. The number of carbonyl (C=O) groups excluding carboxylic acids is 1. The lowest BCUT2D eigenvalue weighted by molar-refractivity contribution is 0.104. The van der Waals surface area contributed by atoms with Crippen molar-refractivity contribution in [2.45, 2.75) is 6.92 Å². The molecule has 0 spiro atoms. The summed E-state index contributed by atoms with van der Waals surface area (Å²) in [7, 11) is 0. The molecular weight excluding hydrogens is 242 g/mol. The van der Waals surface area contributed by atoms with Gasteiger partial charge in [0.2, 0.25) is 5.78 Å². The summed E-state index contributed by atoms with van der Waals surface area (Å²) in [5, 5.41) is 0.997. The maximum Gasteiger partial charge on any atom is 0.205 e. The second-order valence-corrected chi connectivity index (χ2v) is 5.41. The maximum absolute atomic E-state index is 12.4. The summed E-state index contributed by atoms with van der Waals surface area (Å²) in [6.45, 7) is 2.00. The fourth-order valence-corrected chi connectivity index (χ4v) is 2.80. The van der Waals surface area contributed by atoms with Crippen molar-refractivity contribution in [2.24, 2.45) is 0 Å². The highest BCUT2D eigenvalue weighted by Gasteiger charge is 2.14. The Bertz CT molecular complexity index is 725. The van der Waals surface area contributed by atoms with Crippen LogP contribution >= 0.6 is 11.3 Å². The predicted octanol–water partition coefficient (Wildman–Crippen LogP) is 3.84. The molecule has 88 valence electrons. The van der Waals surface area contributed by atoms with Crippen LogP contribution in [-0.4, -0.2) is 10.8 Å². The summed E-state index contributed by atoms with van der Waals surface area (Å²) in [6.07, 6.45) is 1.72. The van der Waals surface area contributed by atoms with Crippen LogP contribution in [-0.2, 0) is 0 Å². The van der Waals surface area contributed by atoms with Crippen LogP contribution in [0.1, 0.15) is 20.1 Å². The molecule has 2 aromatic heterocycles. The van der Waals surface area contributed by atoms with E-state index in [0.717, 1.165) is 20.7 Å². The number of pyridine rings is 1. The Kier molecular flexibility index (Phi) is 2.68. The third-order valence-electron chi connectivity index (χ3n) is 2.84. The second-order valence-electron chi connectivity index (χ2n) is 4.12. The van der Waals surface area contributed by atoms with Gasteiger partial charge < -0.3 is 0 Å². The average molecular weight is 253 g/mol. The van der Waals surface area contributed by atoms with Crippen LogP contribution in [0.15, 0.2) is 48.7 Å². The molecule has 2 heterocycles. The molecular formula is C15H11NOS. The smallest absolute Gasteiger partial charge is 0.205 e. The second kappa shape index (κ2) is 4.35. The van der Waals surface area contributed by atoms with Gasteiger partial charge >= 0.3 is 0 Å². The molecule has 0 fully saturated rings. The lowest BCUT2D eigenvalue weighted by atomic mass is 10.1. The first-order valence-corrected chi connectivity index (χ1v) is 6.52. The Balaban J connectivity index is 2.17. The van der Waals surface area contributed by atoms with E-state index in [1.54, 1.807) is 6.20 Å². The van der Waals surface area contributed by atoms with E-state index in [0.29, 0.717) is 5.56 Å². The summed E-state index contributed by atoms with van der Waals surface area (Å²) in [5.74, 6) is 0.0531. The minimum Gasteiger partial charge on any atom is -0.288 e. The number of hydrogen-bond acceptors (Lipinski definition) is 3. The van der Waals surface area contributed by atoms with Crippen LogP contribution in [0.3, 0.4) is 0 Å². The van der Waals surface area contributed by atoms with E-state index >= 15 is 0 Å². The van der Waals surface area contributed by atoms with Gasteiger partial charge in [-0.2, -0.15) is 0 Å². The number of aryl methyl sites for hydroxylation is 1. The average Bonchev–Trinajstić information content (AvgIpc) is 2.84. The highest BCUT2D eigenvalue weighted by atomic mass is 32.1. The minimum absolute atomic E-state index is 0.0531. The van der Waals surface area contributed by atoms with Crippen molar-refractivity contribution in [2.75, 3.05) is 0 Å². The summed E-state index contributed by atoms with van der Waals surface area (Å²) in [5.41, 5.74) is 1.45. The molecule has 0 aliphatic heterocycles. The molecule has 0 aliphatic rings. The first-order valence-electron chi connectivity index (χ1n) is 5.70. The fourth-order valence-electron chi connectivity index (χ4n) is 1.98. The third kappa shape index (κ3) is 1.83. The van der Waals surface area contributed by atoms with Crippen LogP contribution in [0.5, 0.6) is 0 Å². The van der Waals surface area contributed by atoms with Gasteiger partial charge in [0.25, 0.3) is 0 Å². The Morgan fingerprint density at radius 2 is 1.94 bits per heavy atom. The van der Waals surface area contributed by atoms with Crippen molar-refractivity contribution in [3.05, 3.63) is 64.0 Å². The number of ketones is 1. The van der Waals surface area contributed by atoms with Gasteiger partial charge in [0.05, 0.1) is 10.4 Å². The Morgan fingerprint density at radius 1 is 1.11 bits per heavy atom. The predicted molar refractivity (Wildman–Crippen MR) is 74.2 cm³/mol. The molecule has 0 saturated carbocycles. The van der Waals surface area contributed by atoms with Gasteiger partial charge in [0, 0.05) is 22.0 Å². The van der Waals surface area contributed by atoms with Gasteiger partial charge in [0.1, 0.15) is 0 Å². The first kappa shape index (κ1) is 11.1. The van der Waals surface area contributed by atoms with E-state index < -0.39 is 0 Å². The van der Waals surface area contributed by atoms with Gasteiger partial charge in [-0.3, -0.25) is 9.78 Å². The van der Waals surface area contributed by atoms with Crippen molar-refractivity contribution < 1.29 is 4.79 Å². The van der Waals surface area contributed by atoms with Gasteiger partial charge in [-0.15, -0.1) is 11.3 Å². The summed E-state index contributed by atoms with van der Waals surface area (Å²) in [6, 6.07) is 13.4. The summed E-state index contributed by atoms with van der Waals surface area (Å²) < 4.78 is 0. The topological polar surface area (TPSA) is 30.0 Å². The highest BCUT2D eigenvalue weighted by Crippen LogP contribution is 2.23. The molecule has 0 amide bonds. The van der Waals surface area contributed by atoms with Crippen LogP contribution < -0.4 is 0 Å². The molecule has 0 atom stereocenters.